The molecule has 1 unspecified atom stereocenters. The quantitative estimate of drug-likeness (QED) is 0.858. The second kappa shape index (κ2) is 6.18. The third-order valence-corrected chi connectivity index (χ3v) is 3.48. The van der Waals surface area contributed by atoms with Crippen molar-refractivity contribution in [3.05, 3.63) is 70.0 Å². The van der Waals surface area contributed by atoms with Crippen LogP contribution in [-0.2, 0) is 6.54 Å². The van der Waals surface area contributed by atoms with Gasteiger partial charge in [-0.05, 0) is 37.1 Å². The summed E-state index contributed by atoms with van der Waals surface area (Å²) in [6.07, 6.45) is 0. The van der Waals surface area contributed by atoms with Crippen LogP contribution in [0.4, 0.5) is 4.39 Å². The SMILES string of the molecule is Cc1ccc(CNC(C)c2ccc(Cl)c(F)c2)cc1. The molecule has 1 nitrogen and oxygen atoms in total. The summed E-state index contributed by atoms with van der Waals surface area (Å²) in [4.78, 5) is 0. The summed E-state index contributed by atoms with van der Waals surface area (Å²) >= 11 is 5.68. The second-order valence-electron chi connectivity index (χ2n) is 4.76. The Bertz CT molecular complexity index is 551. The standard InChI is InChI=1S/C16H17ClFN/c1-11-3-5-13(6-4-11)10-19-12(2)14-7-8-15(17)16(18)9-14/h3-9,12,19H,10H2,1-2H3. The van der Waals surface area contributed by atoms with Gasteiger partial charge >= 0.3 is 0 Å². The first-order chi connectivity index (χ1) is 9.06. The highest BCUT2D eigenvalue weighted by molar-refractivity contribution is 6.30. The van der Waals surface area contributed by atoms with Crippen LogP contribution in [0.1, 0.15) is 29.7 Å². The summed E-state index contributed by atoms with van der Waals surface area (Å²) in [7, 11) is 0. The lowest BCUT2D eigenvalue weighted by Crippen LogP contribution is -2.18. The zero-order valence-electron chi connectivity index (χ0n) is 11.1. The van der Waals surface area contributed by atoms with Gasteiger partial charge in [-0.1, -0.05) is 47.5 Å². The maximum absolute atomic E-state index is 13.4. The van der Waals surface area contributed by atoms with Crippen LogP contribution < -0.4 is 5.32 Å². The van der Waals surface area contributed by atoms with E-state index in [4.69, 9.17) is 11.6 Å². The van der Waals surface area contributed by atoms with Crippen molar-refractivity contribution < 1.29 is 4.39 Å². The summed E-state index contributed by atoms with van der Waals surface area (Å²) in [6.45, 7) is 4.83. The highest BCUT2D eigenvalue weighted by Crippen LogP contribution is 2.20. The zero-order valence-corrected chi connectivity index (χ0v) is 11.8. The van der Waals surface area contributed by atoms with Crippen LogP contribution in [0, 0.1) is 12.7 Å². The molecule has 1 N–H and O–H groups in total. The Morgan fingerprint density at radius 3 is 2.47 bits per heavy atom. The molecule has 0 amide bonds. The molecule has 0 saturated heterocycles. The van der Waals surface area contributed by atoms with E-state index in [0.29, 0.717) is 0 Å². The number of benzene rings is 2. The smallest absolute Gasteiger partial charge is 0.142 e. The lowest BCUT2D eigenvalue weighted by atomic mass is 10.1. The number of halogens is 2. The molecule has 100 valence electrons. The first kappa shape index (κ1) is 14.0. The van der Waals surface area contributed by atoms with Crippen molar-refractivity contribution in [3.63, 3.8) is 0 Å². The van der Waals surface area contributed by atoms with Gasteiger partial charge in [0.2, 0.25) is 0 Å². The van der Waals surface area contributed by atoms with Gasteiger partial charge in [-0.2, -0.15) is 0 Å². The molecular weight excluding hydrogens is 261 g/mol. The summed E-state index contributed by atoms with van der Waals surface area (Å²) < 4.78 is 13.4. The minimum atomic E-state index is -0.372. The first-order valence-corrected chi connectivity index (χ1v) is 6.68. The van der Waals surface area contributed by atoms with Gasteiger partial charge in [0.25, 0.3) is 0 Å². The Kier molecular flexibility index (Phi) is 4.56. The molecule has 19 heavy (non-hydrogen) atoms. The summed E-state index contributed by atoms with van der Waals surface area (Å²) in [6, 6.07) is 13.4. The van der Waals surface area contributed by atoms with Crippen LogP contribution in [0.5, 0.6) is 0 Å². The zero-order chi connectivity index (χ0) is 13.8. The Labute approximate surface area is 118 Å². The molecule has 0 bridgehead atoms. The fourth-order valence-electron chi connectivity index (χ4n) is 1.88. The molecule has 0 aromatic heterocycles. The minimum absolute atomic E-state index is 0.0769. The third-order valence-electron chi connectivity index (χ3n) is 3.18. The van der Waals surface area contributed by atoms with Gasteiger partial charge in [0.15, 0.2) is 0 Å². The molecule has 0 heterocycles. The first-order valence-electron chi connectivity index (χ1n) is 6.30. The van der Waals surface area contributed by atoms with Crippen molar-refractivity contribution in [1.29, 1.82) is 0 Å². The van der Waals surface area contributed by atoms with Crippen molar-refractivity contribution in [2.75, 3.05) is 0 Å². The Balaban J connectivity index is 1.98. The highest BCUT2D eigenvalue weighted by Gasteiger charge is 2.08. The molecule has 2 rings (SSSR count). The highest BCUT2D eigenvalue weighted by atomic mass is 35.5. The van der Waals surface area contributed by atoms with E-state index in [-0.39, 0.29) is 16.9 Å². The number of hydrogen-bond donors (Lipinski definition) is 1. The largest absolute Gasteiger partial charge is 0.306 e. The van der Waals surface area contributed by atoms with Gasteiger partial charge in [-0.25, -0.2) is 4.39 Å². The van der Waals surface area contributed by atoms with E-state index >= 15 is 0 Å². The average Bonchev–Trinajstić information content (AvgIpc) is 2.41. The third kappa shape index (κ3) is 3.79. The van der Waals surface area contributed by atoms with E-state index in [1.165, 1.54) is 17.2 Å². The van der Waals surface area contributed by atoms with Crippen molar-refractivity contribution in [2.45, 2.75) is 26.4 Å². The molecule has 0 spiro atoms. The van der Waals surface area contributed by atoms with E-state index in [1.54, 1.807) is 6.07 Å². The fourth-order valence-corrected chi connectivity index (χ4v) is 1.99. The number of aryl methyl sites for hydroxylation is 1. The van der Waals surface area contributed by atoms with Crippen molar-refractivity contribution in [1.82, 2.24) is 5.32 Å². The second-order valence-corrected chi connectivity index (χ2v) is 5.17. The van der Waals surface area contributed by atoms with Crippen LogP contribution >= 0.6 is 11.6 Å². The molecule has 0 fully saturated rings. The number of hydrogen-bond acceptors (Lipinski definition) is 1. The van der Waals surface area contributed by atoms with Gasteiger partial charge in [0.1, 0.15) is 5.82 Å². The predicted octanol–water partition coefficient (Wildman–Crippen LogP) is 4.64. The number of rotatable bonds is 4. The normalized spacial score (nSPS) is 12.4. The number of nitrogens with one attached hydrogen (secondary N) is 1. The van der Waals surface area contributed by atoms with Gasteiger partial charge in [0, 0.05) is 12.6 Å². The topological polar surface area (TPSA) is 12.0 Å². The summed E-state index contributed by atoms with van der Waals surface area (Å²) in [5.74, 6) is -0.372. The molecule has 0 aliphatic carbocycles. The van der Waals surface area contributed by atoms with Crippen LogP contribution in [-0.4, -0.2) is 0 Å². The molecule has 0 saturated carbocycles. The lowest BCUT2D eigenvalue weighted by Gasteiger charge is -2.15. The van der Waals surface area contributed by atoms with Crippen molar-refractivity contribution >= 4 is 11.6 Å². The molecule has 0 aliphatic rings. The van der Waals surface area contributed by atoms with Crippen molar-refractivity contribution in [3.8, 4) is 0 Å². The van der Waals surface area contributed by atoms with Gasteiger partial charge in [-0.15, -0.1) is 0 Å². The van der Waals surface area contributed by atoms with Gasteiger partial charge in [-0.3, -0.25) is 0 Å². The van der Waals surface area contributed by atoms with Gasteiger partial charge < -0.3 is 5.32 Å². The van der Waals surface area contributed by atoms with Crippen LogP contribution in [0.15, 0.2) is 42.5 Å². The van der Waals surface area contributed by atoms with E-state index in [0.717, 1.165) is 12.1 Å². The Morgan fingerprint density at radius 2 is 1.84 bits per heavy atom. The molecule has 0 aliphatic heterocycles. The maximum Gasteiger partial charge on any atom is 0.142 e. The summed E-state index contributed by atoms with van der Waals surface area (Å²) in [5, 5.41) is 3.53. The maximum atomic E-state index is 13.4. The summed E-state index contributed by atoms with van der Waals surface area (Å²) in [5.41, 5.74) is 3.36. The van der Waals surface area contributed by atoms with E-state index in [9.17, 15) is 4.39 Å². The minimum Gasteiger partial charge on any atom is -0.306 e. The van der Waals surface area contributed by atoms with E-state index in [2.05, 4.69) is 36.5 Å². The van der Waals surface area contributed by atoms with Crippen LogP contribution in [0.3, 0.4) is 0 Å². The molecule has 1 atom stereocenters. The average molecular weight is 278 g/mol. The van der Waals surface area contributed by atoms with E-state index < -0.39 is 0 Å². The van der Waals surface area contributed by atoms with Crippen molar-refractivity contribution in [2.24, 2.45) is 0 Å². The Morgan fingerprint density at radius 1 is 1.16 bits per heavy atom. The van der Waals surface area contributed by atoms with Crippen LogP contribution in [0.2, 0.25) is 5.02 Å². The molecule has 2 aromatic rings. The van der Waals surface area contributed by atoms with E-state index in [1.807, 2.05) is 13.0 Å². The monoisotopic (exact) mass is 277 g/mol. The van der Waals surface area contributed by atoms with Crippen LogP contribution in [0.25, 0.3) is 0 Å². The molecule has 2 aromatic carbocycles. The lowest BCUT2D eigenvalue weighted by molar-refractivity contribution is 0.565. The van der Waals surface area contributed by atoms with Gasteiger partial charge in [0.05, 0.1) is 5.02 Å². The molecular formula is C16H17ClFN. The Hall–Kier alpha value is -1.38. The molecule has 0 radical (unpaired) electrons. The fraction of sp³-hybridized carbons (Fsp3) is 0.250. The predicted molar refractivity (Wildman–Crippen MR) is 77.8 cm³/mol. The molecule has 3 heteroatoms.